The summed E-state index contributed by atoms with van der Waals surface area (Å²) < 4.78 is 7.92. The number of fused-ring (bicyclic) bond motifs is 1. The van der Waals surface area contributed by atoms with E-state index in [-0.39, 0.29) is 12.5 Å². The minimum atomic E-state index is -0.231. The van der Waals surface area contributed by atoms with Gasteiger partial charge < -0.3 is 9.30 Å². The molecule has 0 atom stereocenters. The Morgan fingerprint density at radius 1 is 1.50 bits per heavy atom. The number of halogens is 1. The van der Waals surface area contributed by atoms with Gasteiger partial charge in [0, 0.05) is 4.47 Å². The third-order valence-electron chi connectivity index (χ3n) is 2.46. The van der Waals surface area contributed by atoms with Crippen LogP contribution in [0.25, 0.3) is 11.0 Å². The molecule has 1 aromatic heterocycles. The van der Waals surface area contributed by atoms with Crippen molar-refractivity contribution in [3.05, 3.63) is 29.0 Å². The first-order chi connectivity index (χ1) is 8.56. The molecule has 2 aromatic rings. The zero-order chi connectivity index (χ0) is 13.1. The van der Waals surface area contributed by atoms with E-state index in [1.165, 1.54) is 0 Å². The first kappa shape index (κ1) is 13.1. The molecule has 0 saturated carbocycles. The smallest absolute Gasteiger partial charge is 0.326 e. The maximum atomic E-state index is 11.6. The summed E-state index contributed by atoms with van der Waals surface area (Å²) in [6.07, 6.45) is 1.66. The van der Waals surface area contributed by atoms with Gasteiger partial charge in [-0.05, 0) is 24.1 Å². The lowest BCUT2D eigenvalue weighted by molar-refractivity contribution is -0.145. The fraction of sp³-hybridized carbons (Fsp3) is 0.385. The van der Waals surface area contributed by atoms with E-state index in [2.05, 4.69) is 20.9 Å². The molecule has 0 aliphatic rings. The van der Waals surface area contributed by atoms with Gasteiger partial charge in [0.15, 0.2) is 0 Å². The Balaban J connectivity index is 2.10. The predicted octanol–water partition coefficient (Wildman–Crippen LogP) is 3.00. The second kappa shape index (κ2) is 5.52. The Kier molecular flexibility index (Phi) is 4.01. The van der Waals surface area contributed by atoms with Crippen LogP contribution in [0, 0.1) is 5.92 Å². The molecule has 96 valence electrons. The number of benzene rings is 1. The van der Waals surface area contributed by atoms with E-state index >= 15 is 0 Å². The summed E-state index contributed by atoms with van der Waals surface area (Å²) in [5.74, 6) is 0.121. The quantitative estimate of drug-likeness (QED) is 0.815. The van der Waals surface area contributed by atoms with Gasteiger partial charge in [-0.25, -0.2) is 4.98 Å². The molecule has 5 heteroatoms. The number of aromatic nitrogens is 2. The van der Waals surface area contributed by atoms with Crippen molar-refractivity contribution >= 4 is 32.9 Å². The molecule has 0 N–H and O–H groups in total. The van der Waals surface area contributed by atoms with E-state index in [0.29, 0.717) is 12.5 Å². The minimum Gasteiger partial charge on any atom is -0.464 e. The van der Waals surface area contributed by atoms with Crippen molar-refractivity contribution in [2.75, 3.05) is 6.61 Å². The summed E-state index contributed by atoms with van der Waals surface area (Å²) in [6.45, 7) is 4.68. The zero-order valence-electron chi connectivity index (χ0n) is 10.4. The van der Waals surface area contributed by atoms with Crippen LogP contribution in [0.15, 0.2) is 29.0 Å². The van der Waals surface area contributed by atoms with Crippen LogP contribution in [-0.2, 0) is 16.1 Å². The average molecular weight is 311 g/mol. The van der Waals surface area contributed by atoms with Crippen molar-refractivity contribution in [3.63, 3.8) is 0 Å². The summed E-state index contributed by atoms with van der Waals surface area (Å²) in [7, 11) is 0. The lowest BCUT2D eigenvalue weighted by Gasteiger charge is -2.08. The van der Waals surface area contributed by atoms with E-state index in [9.17, 15) is 4.79 Å². The molecule has 18 heavy (non-hydrogen) atoms. The molecule has 0 fully saturated rings. The minimum absolute atomic E-state index is 0.199. The maximum absolute atomic E-state index is 11.6. The van der Waals surface area contributed by atoms with Gasteiger partial charge in [0.2, 0.25) is 0 Å². The molecule has 0 unspecified atom stereocenters. The molecule has 4 nitrogen and oxygen atoms in total. The molecule has 2 rings (SSSR count). The molecule has 1 aromatic carbocycles. The number of rotatable bonds is 4. The standard InChI is InChI=1S/C13H15BrN2O2/c1-9(2)7-18-13(17)6-16-8-15-11-5-10(14)3-4-12(11)16/h3-5,8-9H,6-7H2,1-2H3. The average Bonchev–Trinajstić information content (AvgIpc) is 2.69. The van der Waals surface area contributed by atoms with Crippen molar-refractivity contribution in [2.24, 2.45) is 5.92 Å². The van der Waals surface area contributed by atoms with E-state index in [1.807, 2.05) is 32.0 Å². The van der Waals surface area contributed by atoms with Crippen LogP contribution in [0.4, 0.5) is 0 Å². The molecule has 0 bridgehead atoms. The molecule has 0 saturated heterocycles. The van der Waals surface area contributed by atoms with Crippen LogP contribution in [0.3, 0.4) is 0 Å². The fourth-order valence-electron chi connectivity index (χ4n) is 1.61. The maximum Gasteiger partial charge on any atom is 0.326 e. The summed E-state index contributed by atoms with van der Waals surface area (Å²) >= 11 is 3.39. The lowest BCUT2D eigenvalue weighted by Crippen LogP contribution is -2.15. The summed E-state index contributed by atoms with van der Waals surface area (Å²) in [4.78, 5) is 15.9. The third kappa shape index (κ3) is 3.10. The second-order valence-electron chi connectivity index (χ2n) is 4.58. The molecule has 0 amide bonds. The van der Waals surface area contributed by atoms with E-state index in [1.54, 1.807) is 10.9 Å². The SMILES string of the molecule is CC(C)COC(=O)Cn1cnc2cc(Br)ccc21. The number of carbonyl (C=O) groups is 1. The van der Waals surface area contributed by atoms with Crippen molar-refractivity contribution < 1.29 is 9.53 Å². The summed E-state index contributed by atoms with van der Waals surface area (Å²) in [5, 5.41) is 0. The first-order valence-electron chi connectivity index (χ1n) is 5.82. The van der Waals surface area contributed by atoms with Crippen molar-refractivity contribution in [2.45, 2.75) is 20.4 Å². The molecule has 0 aliphatic heterocycles. The molecule has 0 spiro atoms. The van der Waals surface area contributed by atoms with E-state index < -0.39 is 0 Å². The van der Waals surface area contributed by atoms with Crippen molar-refractivity contribution in [3.8, 4) is 0 Å². The molecule has 0 aliphatic carbocycles. The van der Waals surface area contributed by atoms with Gasteiger partial charge in [0.05, 0.1) is 24.0 Å². The number of nitrogens with zero attached hydrogens (tertiary/aromatic N) is 2. The fourth-order valence-corrected chi connectivity index (χ4v) is 1.96. The monoisotopic (exact) mass is 310 g/mol. The van der Waals surface area contributed by atoms with E-state index in [0.717, 1.165) is 15.5 Å². The molecule has 1 heterocycles. The Bertz CT molecular complexity index is 563. The van der Waals surface area contributed by atoms with Gasteiger partial charge in [-0.2, -0.15) is 0 Å². The van der Waals surface area contributed by atoms with Crippen molar-refractivity contribution in [1.82, 2.24) is 9.55 Å². The largest absolute Gasteiger partial charge is 0.464 e. The highest BCUT2D eigenvalue weighted by Crippen LogP contribution is 2.18. The van der Waals surface area contributed by atoms with Crippen LogP contribution in [0.5, 0.6) is 0 Å². The number of esters is 1. The predicted molar refractivity (Wildman–Crippen MR) is 73.2 cm³/mol. The first-order valence-corrected chi connectivity index (χ1v) is 6.61. The van der Waals surface area contributed by atoms with Gasteiger partial charge in [0.25, 0.3) is 0 Å². The summed E-state index contributed by atoms with van der Waals surface area (Å²) in [5.41, 5.74) is 1.79. The number of hydrogen-bond acceptors (Lipinski definition) is 3. The lowest BCUT2D eigenvalue weighted by atomic mass is 10.2. The Hall–Kier alpha value is -1.36. The van der Waals surface area contributed by atoms with Crippen LogP contribution in [0.2, 0.25) is 0 Å². The Labute approximate surface area is 114 Å². The number of hydrogen-bond donors (Lipinski definition) is 0. The highest BCUT2D eigenvalue weighted by Gasteiger charge is 2.09. The third-order valence-corrected chi connectivity index (χ3v) is 2.95. The van der Waals surface area contributed by atoms with E-state index in [4.69, 9.17) is 4.74 Å². The van der Waals surface area contributed by atoms with Crippen LogP contribution >= 0.6 is 15.9 Å². The van der Waals surface area contributed by atoms with Gasteiger partial charge in [-0.3, -0.25) is 4.79 Å². The normalized spacial score (nSPS) is 11.1. The summed E-state index contributed by atoms with van der Waals surface area (Å²) in [6, 6.07) is 5.79. The highest BCUT2D eigenvalue weighted by atomic mass is 79.9. The number of ether oxygens (including phenoxy) is 1. The highest BCUT2D eigenvalue weighted by molar-refractivity contribution is 9.10. The zero-order valence-corrected chi connectivity index (χ0v) is 12.0. The van der Waals surface area contributed by atoms with Crippen molar-refractivity contribution in [1.29, 1.82) is 0 Å². The van der Waals surface area contributed by atoms with Crippen LogP contribution < -0.4 is 0 Å². The number of carbonyl (C=O) groups excluding carboxylic acids is 1. The number of imidazole rings is 1. The van der Waals surface area contributed by atoms with Crippen LogP contribution in [-0.4, -0.2) is 22.1 Å². The Morgan fingerprint density at radius 3 is 3.00 bits per heavy atom. The molecular weight excluding hydrogens is 296 g/mol. The topological polar surface area (TPSA) is 44.1 Å². The second-order valence-corrected chi connectivity index (χ2v) is 5.50. The Morgan fingerprint density at radius 2 is 2.28 bits per heavy atom. The van der Waals surface area contributed by atoms with Gasteiger partial charge in [-0.1, -0.05) is 29.8 Å². The molecule has 0 radical (unpaired) electrons. The van der Waals surface area contributed by atoms with Gasteiger partial charge in [-0.15, -0.1) is 0 Å². The van der Waals surface area contributed by atoms with Crippen LogP contribution in [0.1, 0.15) is 13.8 Å². The molecular formula is C13H15BrN2O2. The van der Waals surface area contributed by atoms with Gasteiger partial charge in [0.1, 0.15) is 6.54 Å². The van der Waals surface area contributed by atoms with Gasteiger partial charge >= 0.3 is 5.97 Å².